The number of pyridine rings is 1. The highest BCUT2D eigenvalue weighted by Gasteiger charge is 2.09. The summed E-state index contributed by atoms with van der Waals surface area (Å²) in [4.78, 5) is 0. The molecule has 1 heterocycles. The minimum absolute atomic E-state index is 1.19. The van der Waals surface area contributed by atoms with Crippen molar-refractivity contribution in [1.29, 1.82) is 0 Å². The third-order valence-corrected chi connectivity index (χ3v) is 4.07. The predicted molar refractivity (Wildman–Crippen MR) is 88.0 cm³/mol. The molecule has 0 spiro atoms. The van der Waals surface area contributed by atoms with Gasteiger partial charge in [0.15, 0.2) is 12.4 Å². The SMILES string of the molecule is CCCCCC[n+]1ccc(CCCC)c(CCCC)c1. The van der Waals surface area contributed by atoms with Gasteiger partial charge in [-0.15, -0.1) is 0 Å². The molecule has 20 heavy (non-hydrogen) atoms. The Hall–Kier alpha value is -0.850. The first-order chi connectivity index (χ1) is 9.81. The quantitative estimate of drug-likeness (QED) is 0.384. The summed E-state index contributed by atoms with van der Waals surface area (Å²) in [7, 11) is 0. The summed E-state index contributed by atoms with van der Waals surface area (Å²) in [5, 5.41) is 0. The summed E-state index contributed by atoms with van der Waals surface area (Å²) < 4.78 is 2.41. The van der Waals surface area contributed by atoms with Gasteiger partial charge in [-0.3, -0.25) is 0 Å². The van der Waals surface area contributed by atoms with Crippen molar-refractivity contribution in [2.75, 3.05) is 0 Å². The van der Waals surface area contributed by atoms with E-state index in [0.29, 0.717) is 0 Å². The van der Waals surface area contributed by atoms with Crippen LogP contribution in [0.1, 0.15) is 83.3 Å². The average molecular weight is 276 g/mol. The smallest absolute Gasteiger partial charge is 0.172 e. The van der Waals surface area contributed by atoms with Crippen molar-refractivity contribution in [3.8, 4) is 0 Å². The molecule has 0 fully saturated rings. The van der Waals surface area contributed by atoms with E-state index in [0.717, 1.165) is 0 Å². The Morgan fingerprint density at radius 1 is 0.750 bits per heavy atom. The van der Waals surface area contributed by atoms with E-state index in [2.05, 4.69) is 43.8 Å². The molecule has 1 aromatic rings. The maximum atomic E-state index is 2.42. The van der Waals surface area contributed by atoms with Crippen LogP contribution in [0.25, 0.3) is 0 Å². The van der Waals surface area contributed by atoms with Crippen molar-refractivity contribution in [3.05, 3.63) is 29.6 Å². The molecule has 0 atom stereocenters. The van der Waals surface area contributed by atoms with E-state index in [1.807, 2.05) is 0 Å². The predicted octanol–water partition coefficient (Wildman–Crippen LogP) is 5.24. The van der Waals surface area contributed by atoms with Gasteiger partial charge in [0, 0.05) is 18.1 Å². The number of rotatable bonds is 11. The number of nitrogens with zero attached hydrogens (tertiary/aromatic N) is 1. The van der Waals surface area contributed by atoms with E-state index in [1.54, 1.807) is 11.1 Å². The zero-order valence-electron chi connectivity index (χ0n) is 14.0. The molecule has 0 aromatic carbocycles. The Labute approximate surface area is 126 Å². The summed E-state index contributed by atoms with van der Waals surface area (Å²) in [5.41, 5.74) is 3.18. The van der Waals surface area contributed by atoms with Crippen LogP contribution in [0.4, 0.5) is 0 Å². The van der Waals surface area contributed by atoms with Crippen LogP contribution in [-0.4, -0.2) is 0 Å². The standard InChI is InChI=1S/C19H34N/c1-4-7-10-11-15-20-16-14-18(12-8-5-2)19(17-20)13-9-6-3/h14,16-17H,4-13,15H2,1-3H3/q+1. The van der Waals surface area contributed by atoms with Crippen LogP contribution < -0.4 is 4.57 Å². The molecule has 114 valence electrons. The molecule has 0 radical (unpaired) electrons. The van der Waals surface area contributed by atoms with Crippen LogP contribution in [0, 0.1) is 0 Å². The third-order valence-electron chi connectivity index (χ3n) is 4.07. The first kappa shape index (κ1) is 17.2. The van der Waals surface area contributed by atoms with Crippen LogP contribution in [0.15, 0.2) is 18.5 Å². The van der Waals surface area contributed by atoms with E-state index in [4.69, 9.17) is 0 Å². The van der Waals surface area contributed by atoms with Gasteiger partial charge in [0.25, 0.3) is 0 Å². The van der Waals surface area contributed by atoms with Crippen molar-refractivity contribution in [3.63, 3.8) is 0 Å². The molecule has 0 bridgehead atoms. The van der Waals surface area contributed by atoms with Gasteiger partial charge in [0.2, 0.25) is 0 Å². The maximum Gasteiger partial charge on any atom is 0.172 e. The monoisotopic (exact) mass is 276 g/mol. The van der Waals surface area contributed by atoms with Crippen LogP contribution in [0.5, 0.6) is 0 Å². The first-order valence-corrected chi connectivity index (χ1v) is 8.82. The van der Waals surface area contributed by atoms with Gasteiger partial charge in [-0.1, -0.05) is 46.5 Å². The fraction of sp³-hybridized carbons (Fsp3) is 0.737. The van der Waals surface area contributed by atoms with Gasteiger partial charge < -0.3 is 0 Å². The van der Waals surface area contributed by atoms with E-state index >= 15 is 0 Å². The van der Waals surface area contributed by atoms with Gasteiger partial charge >= 0.3 is 0 Å². The Morgan fingerprint density at radius 3 is 2.05 bits per heavy atom. The molecular formula is C19H34N+. The highest BCUT2D eigenvalue weighted by atomic mass is 14.9. The number of aryl methyl sites for hydroxylation is 3. The highest BCUT2D eigenvalue weighted by molar-refractivity contribution is 5.21. The lowest BCUT2D eigenvalue weighted by Crippen LogP contribution is -2.33. The minimum Gasteiger partial charge on any atom is -0.205 e. The van der Waals surface area contributed by atoms with Crippen molar-refractivity contribution in [2.24, 2.45) is 0 Å². The molecule has 0 amide bonds. The first-order valence-electron chi connectivity index (χ1n) is 8.82. The molecule has 0 saturated heterocycles. The molecule has 1 heteroatoms. The van der Waals surface area contributed by atoms with Crippen molar-refractivity contribution in [2.45, 2.75) is 91.5 Å². The number of hydrogen-bond acceptors (Lipinski definition) is 0. The topological polar surface area (TPSA) is 3.88 Å². The Balaban J connectivity index is 2.62. The normalized spacial score (nSPS) is 10.9. The van der Waals surface area contributed by atoms with Gasteiger partial charge in [-0.05, 0) is 37.7 Å². The molecule has 0 aliphatic heterocycles. The summed E-state index contributed by atoms with van der Waals surface area (Å²) in [5.74, 6) is 0. The van der Waals surface area contributed by atoms with Crippen LogP contribution in [0.3, 0.4) is 0 Å². The summed E-state index contributed by atoms with van der Waals surface area (Å²) in [6, 6.07) is 2.38. The molecule has 0 N–H and O–H groups in total. The van der Waals surface area contributed by atoms with Crippen molar-refractivity contribution >= 4 is 0 Å². The second-order valence-corrected chi connectivity index (χ2v) is 6.00. The molecule has 0 aliphatic carbocycles. The lowest BCUT2D eigenvalue weighted by Gasteiger charge is -2.08. The van der Waals surface area contributed by atoms with Gasteiger partial charge in [-0.25, -0.2) is 4.57 Å². The molecule has 1 nitrogen and oxygen atoms in total. The van der Waals surface area contributed by atoms with Gasteiger partial charge in [-0.2, -0.15) is 0 Å². The zero-order valence-corrected chi connectivity index (χ0v) is 14.0. The summed E-state index contributed by atoms with van der Waals surface area (Å²) in [6.45, 7) is 8.03. The molecule has 1 rings (SSSR count). The molecule has 0 unspecified atom stereocenters. The Morgan fingerprint density at radius 2 is 1.40 bits per heavy atom. The van der Waals surface area contributed by atoms with E-state index in [-0.39, 0.29) is 0 Å². The third kappa shape index (κ3) is 6.54. The highest BCUT2D eigenvalue weighted by Crippen LogP contribution is 2.13. The summed E-state index contributed by atoms with van der Waals surface area (Å²) >= 11 is 0. The molecule has 0 aliphatic rings. The van der Waals surface area contributed by atoms with Crippen LogP contribution in [-0.2, 0) is 19.4 Å². The second kappa shape index (κ2) is 10.9. The van der Waals surface area contributed by atoms with Crippen molar-refractivity contribution < 1.29 is 4.57 Å². The number of aromatic nitrogens is 1. The molecule has 1 aromatic heterocycles. The van der Waals surface area contributed by atoms with Gasteiger partial charge in [0.05, 0.1) is 0 Å². The van der Waals surface area contributed by atoms with Crippen LogP contribution in [0.2, 0.25) is 0 Å². The largest absolute Gasteiger partial charge is 0.205 e. The van der Waals surface area contributed by atoms with Crippen LogP contribution >= 0.6 is 0 Å². The average Bonchev–Trinajstić information content (AvgIpc) is 2.48. The van der Waals surface area contributed by atoms with E-state index in [9.17, 15) is 0 Å². The zero-order chi connectivity index (χ0) is 14.6. The molecular weight excluding hydrogens is 242 g/mol. The maximum absolute atomic E-state index is 2.42. The lowest BCUT2D eigenvalue weighted by molar-refractivity contribution is -0.697. The molecule has 0 saturated carbocycles. The van der Waals surface area contributed by atoms with E-state index in [1.165, 1.54) is 70.8 Å². The van der Waals surface area contributed by atoms with Gasteiger partial charge in [0.1, 0.15) is 6.54 Å². The lowest BCUT2D eigenvalue weighted by atomic mass is 10.00. The van der Waals surface area contributed by atoms with E-state index < -0.39 is 0 Å². The minimum atomic E-state index is 1.19. The number of hydrogen-bond donors (Lipinski definition) is 0. The number of unbranched alkanes of at least 4 members (excludes halogenated alkanes) is 5. The van der Waals surface area contributed by atoms with Crippen molar-refractivity contribution in [1.82, 2.24) is 0 Å². The fourth-order valence-electron chi connectivity index (χ4n) is 2.68. The fourth-order valence-corrected chi connectivity index (χ4v) is 2.68. The Kier molecular flexibility index (Phi) is 9.36. The summed E-state index contributed by atoms with van der Waals surface area (Å²) in [6.07, 6.45) is 17.8. The Bertz CT molecular complexity index is 357. The second-order valence-electron chi connectivity index (χ2n) is 6.00.